The van der Waals surface area contributed by atoms with E-state index in [1.54, 1.807) is 7.11 Å². The van der Waals surface area contributed by atoms with E-state index >= 15 is 0 Å². The summed E-state index contributed by atoms with van der Waals surface area (Å²) >= 11 is 0. The molecule has 1 rings (SSSR count). The first-order chi connectivity index (χ1) is 8.93. The van der Waals surface area contributed by atoms with Crippen molar-refractivity contribution in [3.05, 3.63) is 29.3 Å². The molecule has 104 valence electrons. The summed E-state index contributed by atoms with van der Waals surface area (Å²) in [5.74, 6) is 0.759. The second kappa shape index (κ2) is 6.92. The summed E-state index contributed by atoms with van der Waals surface area (Å²) in [4.78, 5) is 22.3. The quantitative estimate of drug-likeness (QED) is 0.802. The minimum absolute atomic E-state index is 0.0772. The van der Waals surface area contributed by atoms with Crippen molar-refractivity contribution in [2.75, 3.05) is 7.11 Å². The van der Waals surface area contributed by atoms with Crippen molar-refractivity contribution in [1.29, 1.82) is 0 Å². The molecule has 0 unspecified atom stereocenters. The number of rotatable bonds is 6. The smallest absolute Gasteiger partial charge is 0.227 e. The second-order valence-corrected chi connectivity index (χ2v) is 4.88. The van der Waals surface area contributed by atoms with Crippen LogP contribution in [0.5, 0.6) is 5.75 Å². The number of ether oxygens (including phenoxy) is 1. The highest BCUT2D eigenvalue weighted by molar-refractivity contribution is 5.96. The van der Waals surface area contributed by atoms with Gasteiger partial charge in [0.15, 0.2) is 0 Å². The molecule has 0 saturated heterocycles. The van der Waals surface area contributed by atoms with Crippen molar-refractivity contribution in [2.24, 2.45) is 0 Å². The van der Waals surface area contributed by atoms with Gasteiger partial charge in [-0.3, -0.25) is 9.59 Å². The maximum atomic E-state index is 11.5. The molecular formula is C15H21NO3. The molecular weight excluding hydrogens is 242 g/mol. The molecule has 0 radical (unpaired) electrons. The lowest BCUT2D eigenvalue weighted by Gasteiger charge is -2.13. The molecule has 0 saturated carbocycles. The summed E-state index contributed by atoms with van der Waals surface area (Å²) in [6.07, 6.45) is -0.0772. The van der Waals surface area contributed by atoms with E-state index in [-0.39, 0.29) is 18.1 Å². The van der Waals surface area contributed by atoms with Gasteiger partial charge in [0.2, 0.25) is 5.91 Å². The second-order valence-electron chi connectivity index (χ2n) is 4.88. The third-order valence-electron chi connectivity index (χ3n) is 2.86. The normalized spacial score (nSPS) is 10.4. The molecule has 1 amide bonds. The van der Waals surface area contributed by atoms with E-state index in [0.29, 0.717) is 12.5 Å². The van der Waals surface area contributed by atoms with Crippen LogP contribution in [0, 0.1) is 0 Å². The fraction of sp³-hybridized carbons (Fsp3) is 0.467. The highest BCUT2D eigenvalue weighted by atomic mass is 16.5. The number of ketones is 1. The van der Waals surface area contributed by atoms with Gasteiger partial charge in [0.05, 0.1) is 13.5 Å². The molecule has 0 aromatic heterocycles. The fourth-order valence-electron chi connectivity index (χ4n) is 1.78. The average Bonchev–Trinajstić information content (AvgIpc) is 2.35. The lowest BCUT2D eigenvalue weighted by Crippen LogP contribution is -2.24. The van der Waals surface area contributed by atoms with Gasteiger partial charge in [0.25, 0.3) is 0 Å². The number of carbonyl (C=O) groups excluding carboxylic acids is 2. The zero-order valence-electron chi connectivity index (χ0n) is 11.9. The highest BCUT2D eigenvalue weighted by Gasteiger charge is 2.09. The molecule has 19 heavy (non-hydrogen) atoms. The molecule has 0 heterocycles. The van der Waals surface area contributed by atoms with E-state index in [9.17, 15) is 9.59 Å². The molecule has 1 N–H and O–H groups in total. The van der Waals surface area contributed by atoms with Crippen LogP contribution in [0.2, 0.25) is 0 Å². The van der Waals surface area contributed by atoms with E-state index in [1.807, 2.05) is 18.2 Å². The summed E-state index contributed by atoms with van der Waals surface area (Å²) in [6.45, 7) is 6.00. The Labute approximate surface area is 114 Å². The molecule has 0 aliphatic rings. The number of Topliss-reactive ketones (excluding diaryl/α,β-unsaturated/α-hetero) is 1. The van der Waals surface area contributed by atoms with Crippen molar-refractivity contribution in [1.82, 2.24) is 5.32 Å². The van der Waals surface area contributed by atoms with E-state index < -0.39 is 0 Å². The first-order valence-corrected chi connectivity index (χ1v) is 6.37. The van der Waals surface area contributed by atoms with Crippen molar-refractivity contribution >= 4 is 11.7 Å². The zero-order chi connectivity index (χ0) is 14.4. The molecule has 0 aliphatic heterocycles. The number of methoxy groups -OCH3 is 1. The van der Waals surface area contributed by atoms with Crippen LogP contribution >= 0.6 is 0 Å². The Morgan fingerprint density at radius 2 is 2.00 bits per heavy atom. The summed E-state index contributed by atoms with van der Waals surface area (Å²) < 4.78 is 5.28. The van der Waals surface area contributed by atoms with Crippen LogP contribution in [-0.4, -0.2) is 18.8 Å². The molecule has 0 atom stereocenters. The zero-order valence-corrected chi connectivity index (χ0v) is 11.9. The standard InChI is InChI=1S/C15H21NO3/c1-10(2)12-5-6-14(19-4)13(8-12)9-16-15(18)7-11(3)17/h5-6,8,10H,7,9H2,1-4H3,(H,16,18). The molecule has 0 fully saturated rings. The molecule has 1 aromatic rings. The van der Waals surface area contributed by atoms with E-state index in [4.69, 9.17) is 4.74 Å². The largest absolute Gasteiger partial charge is 0.496 e. The average molecular weight is 263 g/mol. The van der Waals surface area contributed by atoms with E-state index in [1.165, 1.54) is 12.5 Å². The van der Waals surface area contributed by atoms with Gasteiger partial charge in [0.1, 0.15) is 11.5 Å². The summed E-state index contributed by atoms with van der Waals surface area (Å²) in [6, 6.07) is 5.95. The van der Waals surface area contributed by atoms with Crippen LogP contribution in [0.25, 0.3) is 0 Å². The van der Waals surface area contributed by atoms with Crippen molar-refractivity contribution in [3.8, 4) is 5.75 Å². The molecule has 0 bridgehead atoms. The Kier molecular flexibility index (Phi) is 5.55. The van der Waals surface area contributed by atoms with Gasteiger partial charge >= 0.3 is 0 Å². The third kappa shape index (κ3) is 4.73. The Balaban J connectivity index is 2.77. The highest BCUT2D eigenvalue weighted by Crippen LogP contribution is 2.24. The molecule has 4 heteroatoms. The van der Waals surface area contributed by atoms with Gasteiger partial charge in [-0.15, -0.1) is 0 Å². The fourth-order valence-corrected chi connectivity index (χ4v) is 1.78. The van der Waals surface area contributed by atoms with Crippen LogP contribution < -0.4 is 10.1 Å². The lowest BCUT2D eigenvalue weighted by molar-refractivity contribution is -0.127. The third-order valence-corrected chi connectivity index (χ3v) is 2.86. The van der Waals surface area contributed by atoms with Crippen molar-refractivity contribution in [2.45, 2.75) is 39.7 Å². The molecule has 1 aromatic carbocycles. The SMILES string of the molecule is COc1ccc(C(C)C)cc1CNC(=O)CC(C)=O. The van der Waals surface area contributed by atoms with Crippen molar-refractivity contribution < 1.29 is 14.3 Å². The van der Waals surface area contributed by atoms with Gasteiger partial charge < -0.3 is 10.1 Å². The Morgan fingerprint density at radius 1 is 1.32 bits per heavy atom. The molecule has 4 nitrogen and oxygen atoms in total. The van der Waals surface area contributed by atoms with Gasteiger partial charge in [-0.25, -0.2) is 0 Å². The van der Waals surface area contributed by atoms with Crippen LogP contribution in [0.3, 0.4) is 0 Å². The van der Waals surface area contributed by atoms with Crippen molar-refractivity contribution in [3.63, 3.8) is 0 Å². The molecule has 0 spiro atoms. The Hall–Kier alpha value is -1.84. The number of amides is 1. The van der Waals surface area contributed by atoms with Crippen LogP contribution in [0.15, 0.2) is 18.2 Å². The van der Waals surface area contributed by atoms with Gasteiger partial charge in [0, 0.05) is 12.1 Å². The number of hydrogen-bond donors (Lipinski definition) is 1. The number of carbonyl (C=O) groups is 2. The van der Waals surface area contributed by atoms with Gasteiger partial charge in [-0.05, 0) is 24.5 Å². The minimum Gasteiger partial charge on any atom is -0.496 e. The van der Waals surface area contributed by atoms with Gasteiger partial charge in [-0.2, -0.15) is 0 Å². The summed E-state index contributed by atoms with van der Waals surface area (Å²) in [5.41, 5.74) is 2.11. The van der Waals surface area contributed by atoms with Gasteiger partial charge in [-0.1, -0.05) is 26.0 Å². The number of hydrogen-bond acceptors (Lipinski definition) is 3. The maximum absolute atomic E-state index is 11.5. The molecule has 0 aliphatic carbocycles. The maximum Gasteiger partial charge on any atom is 0.227 e. The number of benzene rings is 1. The topological polar surface area (TPSA) is 55.4 Å². The predicted molar refractivity (Wildman–Crippen MR) is 74.2 cm³/mol. The van der Waals surface area contributed by atoms with Crippen LogP contribution in [0.1, 0.15) is 44.2 Å². The Bertz CT molecular complexity index is 466. The predicted octanol–water partition coefficient (Wildman–Crippen LogP) is 2.41. The summed E-state index contributed by atoms with van der Waals surface area (Å²) in [5, 5.41) is 2.73. The van der Waals surface area contributed by atoms with E-state index in [0.717, 1.165) is 11.3 Å². The van der Waals surface area contributed by atoms with Crippen LogP contribution in [-0.2, 0) is 16.1 Å². The first-order valence-electron chi connectivity index (χ1n) is 6.37. The van der Waals surface area contributed by atoms with Crippen LogP contribution in [0.4, 0.5) is 0 Å². The Morgan fingerprint density at radius 3 is 2.53 bits per heavy atom. The first kappa shape index (κ1) is 15.2. The number of nitrogens with one attached hydrogen (secondary N) is 1. The monoisotopic (exact) mass is 263 g/mol. The minimum atomic E-state index is -0.260. The summed E-state index contributed by atoms with van der Waals surface area (Å²) in [7, 11) is 1.60. The van der Waals surface area contributed by atoms with E-state index in [2.05, 4.69) is 19.2 Å². The lowest BCUT2D eigenvalue weighted by atomic mass is 10.00.